The minimum absolute atomic E-state index is 0.139. The van der Waals surface area contributed by atoms with Crippen molar-refractivity contribution < 1.29 is 19.1 Å². The standard InChI is InChI=1S/C19H23ClNO3/c1-21(10-20)8-7-19-12-4-5-14(22)18(19)24-17-15(23-2)6-3-11(16(17)19)9-13(12)21/h3-6,12-14,18,22H,7-10H2,1-2H3/q+1/t12-,13+,14-,18-,19-,21-/m0/s1. The SMILES string of the molecule is COc1ccc2c3c1O[C@H]1[C@@H](O)C=C[C@H]4[C@@H](C2)[N@+](C)(CCl)CC[C@@]341. The van der Waals surface area contributed by atoms with Crippen molar-refractivity contribution in [3.63, 3.8) is 0 Å². The van der Waals surface area contributed by atoms with E-state index in [0.717, 1.165) is 35.4 Å². The zero-order valence-corrected chi connectivity index (χ0v) is 14.8. The van der Waals surface area contributed by atoms with Crippen LogP contribution in [0.5, 0.6) is 11.5 Å². The van der Waals surface area contributed by atoms with E-state index in [0.29, 0.717) is 18.0 Å². The van der Waals surface area contributed by atoms with Crippen molar-refractivity contribution >= 4 is 11.6 Å². The lowest BCUT2D eigenvalue weighted by atomic mass is 9.53. The van der Waals surface area contributed by atoms with E-state index >= 15 is 0 Å². The molecule has 128 valence electrons. The number of hydrogen-bond donors (Lipinski definition) is 1. The molecule has 2 bridgehead atoms. The molecule has 0 amide bonds. The summed E-state index contributed by atoms with van der Waals surface area (Å²) in [4.78, 5) is 0. The van der Waals surface area contributed by atoms with E-state index in [-0.39, 0.29) is 11.5 Å². The van der Waals surface area contributed by atoms with Gasteiger partial charge in [0.05, 0.1) is 26.1 Å². The van der Waals surface area contributed by atoms with Crippen LogP contribution in [0.3, 0.4) is 0 Å². The molecule has 1 saturated heterocycles. The highest BCUT2D eigenvalue weighted by Gasteiger charge is 2.67. The monoisotopic (exact) mass is 348 g/mol. The Morgan fingerprint density at radius 1 is 1.42 bits per heavy atom. The number of hydrogen-bond acceptors (Lipinski definition) is 3. The summed E-state index contributed by atoms with van der Waals surface area (Å²) in [6, 6.07) is 5.24. The maximum absolute atomic E-state index is 10.7. The van der Waals surface area contributed by atoms with Crippen LogP contribution < -0.4 is 9.47 Å². The molecule has 2 aliphatic heterocycles. The Kier molecular flexibility index (Phi) is 2.94. The first-order chi connectivity index (χ1) is 11.5. The lowest BCUT2D eigenvalue weighted by Gasteiger charge is -2.59. The normalized spacial score (nSPS) is 44.0. The molecule has 0 unspecified atom stereocenters. The number of likely N-dealkylation sites (N-methyl/N-ethyl adjacent to an activating group) is 1. The first-order valence-electron chi connectivity index (χ1n) is 8.69. The minimum Gasteiger partial charge on any atom is -0.493 e. The molecule has 5 rings (SSSR count). The number of likely N-dealkylation sites (tertiary alicyclic amines) is 1. The van der Waals surface area contributed by atoms with E-state index in [1.165, 1.54) is 11.1 Å². The van der Waals surface area contributed by atoms with Gasteiger partial charge >= 0.3 is 0 Å². The number of rotatable bonds is 2. The summed E-state index contributed by atoms with van der Waals surface area (Å²) in [5.41, 5.74) is 2.49. The van der Waals surface area contributed by atoms with Crippen molar-refractivity contribution in [2.75, 3.05) is 26.7 Å². The van der Waals surface area contributed by atoms with Crippen molar-refractivity contribution in [1.82, 2.24) is 0 Å². The predicted molar refractivity (Wildman–Crippen MR) is 91.6 cm³/mol. The van der Waals surface area contributed by atoms with Crippen molar-refractivity contribution in [1.29, 1.82) is 0 Å². The molecule has 0 saturated carbocycles. The molecule has 6 atom stereocenters. The third kappa shape index (κ3) is 1.53. The van der Waals surface area contributed by atoms with Crippen LogP contribution in [-0.4, -0.2) is 54.5 Å². The average Bonchev–Trinajstić information content (AvgIpc) is 2.95. The van der Waals surface area contributed by atoms with Crippen LogP contribution in [0.1, 0.15) is 17.5 Å². The number of aliphatic hydroxyl groups is 1. The molecule has 4 aliphatic rings. The molecule has 2 aliphatic carbocycles. The van der Waals surface area contributed by atoms with Crippen LogP contribution in [0.4, 0.5) is 0 Å². The number of aliphatic hydroxyl groups excluding tert-OH is 1. The van der Waals surface area contributed by atoms with Crippen molar-refractivity contribution in [3.8, 4) is 11.5 Å². The lowest BCUT2D eigenvalue weighted by molar-refractivity contribution is -0.934. The van der Waals surface area contributed by atoms with E-state index in [1.807, 2.05) is 12.1 Å². The molecule has 1 aromatic rings. The highest BCUT2D eigenvalue weighted by molar-refractivity contribution is 6.17. The van der Waals surface area contributed by atoms with Gasteiger partial charge in [-0.15, -0.1) is 0 Å². The smallest absolute Gasteiger partial charge is 0.165 e. The van der Waals surface area contributed by atoms with Crippen molar-refractivity contribution in [2.45, 2.75) is 36.5 Å². The van der Waals surface area contributed by atoms with E-state index in [1.54, 1.807) is 7.11 Å². The summed E-state index contributed by atoms with van der Waals surface area (Å²) in [6.07, 6.45) is 5.35. The number of methoxy groups -OCH3 is 1. The first-order valence-corrected chi connectivity index (χ1v) is 9.22. The van der Waals surface area contributed by atoms with E-state index < -0.39 is 6.10 Å². The maximum Gasteiger partial charge on any atom is 0.165 e. The molecule has 4 nitrogen and oxygen atoms in total. The third-order valence-corrected chi connectivity index (χ3v) is 7.57. The van der Waals surface area contributed by atoms with Gasteiger partial charge in [-0.25, -0.2) is 0 Å². The van der Waals surface area contributed by atoms with Gasteiger partial charge in [0.2, 0.25) is 0 Å². The Morgan fingerprint density at radius 3 is 3.00 bits per heavy atom. The molecule has 1 fully saturated rings. The van der Waals surface area contributed by atoms with Gasteiger partial charge in [0, 0.05) is 24.3 Å². The van der Waals surface area contributed by atoms with Gasteiger partial charge in [0.15, 0.2) is 17.5 Å². The number of ether oxygens (including phenoxy) is 2. The molecule has 5 heteroatoms. The first kappa shape index (κ1) is 15.1. The molecule has 2 heterocycles. The molecular formula is C19H23ClNO3+. The van der Waals surface area contributed by atoms with E-state index in [9.17, 15) is 5.11 Å². The van der Waals surface area contributed by atoms with Crippen molar-refractivity contribution in [3.05, 3.63) is 35.4 Å². The average molecular weight is 349 g/mol. The Labute approximate surface area is 147 Å². The maximum atomic E-state index is 10.7. The Hall–Kier alpha value is -1.23. The minimum atomic E-state index is -0.571. The lowest BCUT2D eigenvalue weighted by Crippen LogP contribution is -2.70. The summed E-state index contributed by atoms with van der Waals surface area (Å²) in [6.45, 7) is 1.02. The number of benzene rings is 1. The zero-order valence-electron chi connectivity index (χ0n) is 14.0. The Balaban J connectivity index is 1.80. The number of quaternary nitrogens is 1. The molecule has 1 N–H and O–H groups in total. The second-order valence-electron chi connectivity index (χ2n) is 7.96. The number of halogens is 1. The summed E-state index contributed by atoms with van der Waals surface area (Å²) in [5.74, 6) is 1.99. The Bertz CT molecular complexity index is 750. The molecule has 1 spiro atoms. The zero-order chi connectivity index (χ0) is 16.7. The van der Waals surface area contributed by atoms with Gasteiger partial charge in [-0.2, -0.15) is 0 Å². The van der Waals surface area contributed by atoms with E-state index in [4.69, 9.17) is 21.1 Å². The summed E-state index contributed by atoms with van der Waals surface area (Å²) in [7, 11) is 3.95. The topological polar surface area (TPSA) is 38.7 Å². The second kappa shape index (κ2) is 4.69. The van der Waals surface area contributed by atoms with Crippen LogP contribution in [-0.2, 0) is 11.8 Å². The van der Waals surface area contributed by atoms with Crippen LogP contribution in [0, 0.1) is 5.92 Å². The summed E-state index contributed by atoms with van der Waals surface area (Å²) in [5, 5.41) is 10.7. The second-order valence-corrected chi connectivity index (χ2v) is 8.19. The summed E-state index contributed by atoms with van der Waals surface area (Å²) >= 11 is 6.40. The summed E-state index contributed by atoms with van der Waals surface area (Å²) < 4.78 is 12.8. The van der Waals surface area contributed by atoms with Crippen LogP contribution in [0.2, 0.25) is 0 Å². The van der Waals surface area contributed by atoms with E-state index in [2.05, 4.69) is 19.2 Å². The molecule has 0 radical (unpaired) electrons. The van der Waals surface area contributed by atoms with Gasteiger partial charge in [-0.05, 0) is 11.6 Å². The Morgan fingerprint density at radius 2 is 2.25 bits per heavy atom. The largest absolute Gasteiger partial charge is 0.493 e. The van der Waals surface area contributed by atoms with Gasteiger partial charge in [0.1, 0.15) is 18.2 Å². The van der Waals surface area contributed by atoms with Crippen LogP contribution >= 0.6 is 11.6 Å². The number of piperidine rings is 1. The molecular weight excluding hydrogens is 326 g/mol. The van der Waals surface area contributed by atoms with Gasteiger partial charge in [-0.1, -0.05) is 29.8 Å². The fourth-order valence-electron chi connectivity index (χ4n) is 5.79. The highest BCUT2D eigenvalue weighted by Crippen LogP contribution is 2.63. The van der Waals surface area contributed by atoms with Gasteiger partial charge in [-0.3, -0.25) is 0 Å². The van der Waals surface area contributed by atoms with Gasteiger partial charge < -0.3 is 19.1 Å². The number of alkyl halides is 1. The van der Waals surface area contributed by atoms with Crippen molar-refractivity contribution in [2.24, 2.45) is 5.92 Å². The quantitative estimate of drug-likeness (QED) is 0.385. The number of nitrogens with zero attached hydrogens (tertiary/aromatic N) is 1. The fraction of sp³-hybridized carbons (Fsp3) is 0.579. The molecule has 0 aromatic heterocycles. The molecule has 1 aromatic carbocycles. The van der Waals surface area contributed by atoms with Crippen LogP contribution in [0.25, 0.3) is 0 Å². The fourth-order valence-corrected chi connectivity index (χ4v) is 6.09. The van der Waals surface area contributed by atoms with Crippen LogP contribution in [0.15, 0.2) is 24.3 Å². The molecule has 24 heavy (non-hydrogen) atoms. The third-order valence-electron chi connectivity index (χ3n) is 7.02. The highest BCUT2D eigenvalue weighted by atomic mass is 35.5. The predicted octanol–water partition coefficient (Wildman–Crippen LogP) is 2.21. The van der Waals surface area contributed by atoms with Gasteiger partial charge in [0.25, 0.3) is 0 Å².